The first-order valence-corrected chi connectivity index (χ1v) is 11.0. The van der Waals surface area contributed by atoms with Gasteiger partial charge in [-0.25, -0.2) is 9.97 Å². The van der Waals surface area contributed by atoms with Crippen LogP contribution in [0.5, 0.6) is 5.88 Å². The number of nitrogens with zero attached hydrogens (tertiary/aromatic N) is 3. The number of carbonyl (C=O) groups excluding carboxylic acids is 1. The third-order valence-electron chi connectivity index (χ3n) is 5.25. The van der Waals surface area contributed by atoms with Gasteiger partial charge in [-0.2, -0.15) is 13.2 Å². The average Bonchev–Trinajstić information content (AvgIpc) is 2.92. The molecule has 0 saturated heterocycles. The van der Waals surface area contributed by atoms with Crippen LogP contribution in [0, 0.1) is 6.92 Å². The number of carbonyl (C=O) groups is 1. The SMILES string of the molecule is Cc1c(C(=O)NCc2ccnc(OCC(F)(F)F)c2)sc2nc3n(c(=O)c12)CCCCC3. The number of nitrogens with one attached hydrogen (secondary N) is 1. The number of rotatable bonds is 5. The highest BCUT2D eigenvalue weighted by Gasteiger charge is 2.28. The molecular formula is C21H21F3N4O3S. The molecule has 7 nitrogen and oxygen atoms in total. The van der Waals surface area contributed by atoms with Gasteiger partial charge in [-0.1, -0.05) is 6.42 Å². The van der Waals surface area contributed by atoms with Crippen LogP contribution in [-0.2, 0) is 19.5 Å². The zero-order valence-corrected chi connectivity index (χ0v) is 18.1. The lowest BCUT2D eigenvalue weighted by Gasteiger charge is -2.10. The number of fused-ring (bicyclic) bond motifs is 2. The number of hydrogen-bond donors (Lipinski definition) is 1. The van der Waals surface area contributed by atoms with Crippen LogP contribution < -0.4 is 15.6 Å². The van der Waals surface area contributed by atoms with Crippen molar-refractivity contribution in [2.75, 3.05) is 6.61 Å². The van der Waals surface area contributed by atoms with E-state index in [0.717, 1.165) is 31.5 Å². The van der Waals surface area contributed by atoms with Gasteiger partial charge in [-0.15, -0.1) is 11.3 Å². The summed E-state index contributed by atoms with van der Waals surface area (Å²) in [7, 11) is 0. The summed E-state index contributed by atoms with van der Waals surface area (Å²) < 4.78 is 43.3. The second-order valence-corrected chi connectivity index (χ2v) is 8.62. The van der Waals surface area contributed by atoms with Crippen molar-refractivity contribution in [3.63, 3.8) is 0 Å². The number of pyridine rings is 1. The van der Waals surface area contributed by atoms with Gasteiger partial charge < -0.3 is 10.1 Å². The normalized spacial score (nSPS) is 14.1. The molecule has 0 unspecified atom stereocenters. The van der Waals surface area contributed by atoms with E-state index in [1.165, 1.54) is 23.6 Å². The largest absolute Gasteiger partial charge is 0.468 e. The molecule has 170 valence electrons. The Hall–Kier alpha value is -2.95. The first-order valence-electron chi connectivity index (χ1n) is 10.2. The quantitative estimate of drug-likeness (QED) is 0.619. The van der Waals surface area contributed by atoms with E-state index in [9.17, 15) is 22.8 Å². The van der Waals surface area contributed by atoms with Gasteiger partial charge in [0.1, 0.15) is 10.7 Å². The highest BCUT2D eigenvalue weighted by atomic mass is 32.1. The van der Waals surface area contributed by atoms with Crippen LogP contribution in [0.1, 0.15) is 45.9 Å². The molecule has 0 bridgehead atoms. The summed E-state index contributed by atoms with van der Waals surface area (Å²) in [5.74, 6) is 0.210. The number of hydrogen-bond acceptors (Lipinski definition) is 6. The van der Waals surface area contributed by atoms with Crippen molar-refractivity contribution in [2.24, 2.45) is 0 Å². The molecule has 0 fully saturated rings. The van der Waals surface area contributed by atoms with E-state index in [4.69, 9.17) is 0 Å². The Balaban J connectivity index is 1.52. The molecule has 11 heteroatoms. The van der Waals surface area contributed by atoms with Crippen molar-refractivity contribution in [1.82, 2.24) is 19.9 Å². The second-order valence-electron chi connectivity index (χ2n) is 7.62. The molecule has 32 heavy (non-hydrogen) atoms. The Labute approximate surface area is 185 Å². The monoisotopic (exact) mass is 466 g/mol. The smallest absolute Gasteiger partial charge is 0.422 e. The molecule has 4 heterocycles. The molecule has 4 rings (SSSR count). The minimum atomic E-state index is -4.46. The van der Waals surface area contributed by atoms with E-state index < -0.39 is 12.8 Å². The van der Waals surface area contributed by atoms with Gasteiger partial charge in [-0.05, 0) is 37.0 Å². The first-order chi connectivity index (χ1) is 15.2. The minimum absolute atomic E-state index is 0.0698. The maximum absolute atomic E-state index is 13.0. The summed E-state index contributed by atoms with van der Waals surface area (Å²) >= 11 is 1.18. The summed E-state index contributed by atoms with van der Waals surface area (Å²) in [4.78, 5) is 35.2. The third kappa shape index (κ3) is 4.77. The number of aryl methyl sites for hydroxylation is 2. The van der Waals surface area contributed by atoms with Crippen LogP contribution >= 0.6 is 11.3 Å². The fraction of sp³-hybridized carbons (Fsp3) is 0.429. The number of amides is 1. The Bertz CT molecular complexity index is 1220. The maximum Gasteiger partial charge on any atom is 0.422 e. The van der Waals surface area contributed by atoms with Gasteiger partial charge in [0.25, 0.3) is 11.5 Å². The van der Waals surface area contributed by atoms with Gasteiger partial charge in [0.15, 0.2) is 6.61 Å². The van der Waals surface area contributed by atoms with E-state index in [0.29, 0.717) is 32.8 Å². The summed E-state index contributed by atoms with van der Waals surface area (Å²) in [6.07, 6.45) is 0.560. The first kappa shape index (κ1) is 22.3. The number of halogens is 3. The molecular weight excluding hydrogens is 445 g/mol. The highest BCUT2D eigenvalue weighted by molar-refractivity contribution is 7.20. The Morgan fingerprint density at radius 1 is 1.31 bits per heavy atom. The molecule has 1 aliphatic heterocycles. The van der Waals surface area contributed by atoms with E-state index >= 15 is 0 Å². The average molecular weight is 466 g/mol. The third-order valence-corrected chi connectivity index (χ3v) is 6.44. The van der Waals surface area contributed by atoms with Crippen LogP contribution in [0.4, 0.5) is 13.2 Å². The summed E-state index contributed by atoms with van der Waals surface area (Å²) in [6, 6.07) is 2.91. The topological polar surface area (TPSA) is 86.1 Å². The van der Waals surface area contributed by atoms with Gasteiger partial charge in [0.2, 0.25) is 5.88 Å². The number of ether oxygens (including phenoxy) is 1. The van der Waals surface area contributed by atoms with Crippen molar-refractivity contribution < 1.29 is 22.7 Å². The van der Waals surface area contributed by atoms with Gasteiger partial charge in [-0.3, -0.25) is 14.2 Å². The molecule has 1 aliphatic rings. The van der Waals surface area contributed by atoms with Crippen molar-refractivity contribution in [1.29, 1.82) is 0 Å². The summed E-state index contributed by atoms with van der Waals surface area (Å²) in [5.41, 5.74) is 1.01. The highest BCUT2D eigenvalue weighted by Crippen LogP contribution is 2.28. The zero-order chi connectivity index (χ0) is 22.9. The second kappa shape index (κ2) is 8.89. The van der Waals surface area contributed by atoms with E-state index in [-0.39, 0.29) is 23.9 Å². The van der Waals surface area contributed by atoms with Crippen molar-refractivity contribution in [2.45, 2.75) is 51.9 Å². The standard InChI is InChI=1S/C21H21F3N4O3S/c1-12-16-19(27-14-5-3-2-4-8-28(14)20(16)30)32-17(12)18(29)26-10-13-6-7-25-15(9-13)31-11-21(22,23)24/h6-7,9H,2-5,8,10-11H2,1H3,(H,26,29). The molecule has 0 saturated carbocycles. The van der Waals surface area contributed by atoms with Crippen LogP contribution in [0.25, 0.3) is 10.2 Å². The van der Waals surface area contributed by atoms with Crippen molar-refractivity contribution in [3.8, 4) is 5.88 Å². The zero-order valence-electron chi connectivity index (χ0n) is 17.3. The molecule has 0 aliphatic carbocycles. The lowest BCUT2D eigenvalue weighted by Crippen LogP contribution is -2.25. The molecule has 1 amide bonds. The van der Waals surface area contributed by atoms with Crippen molar-refractivity contribution in [3.05, 3.63) is 50.5 Å². The predicted molar refractivity (Wildman–Crippen MR) is 113 cm³/mol. The van der Waals surface area contributed by atoms with E-state index in [1.54, 1.807) is 17.6 Å². The van der Waals surface area contributed by atoms with E-state index in [2.05, 4.69) is 20.0 Å². The van der Waals surface area contributed by atoms with Crippen molar-refractivity contribution >= 4 is 27.5 Å². The van der Waals surface area contributed by atoms with Crippen LogP contribution in [-0.4, -0.2) is 33.2 Å². The van der Waals surface area contributed by atoms with Gasteiger partial charge >= 0.3 is 6.18 Å². The molecule has 0 spiro atoms. The summed E-state index contributed by atoms with van der Waals surface area (Å²) in [6.45, 7) is 0.994. The number of aromatic nitrogens is 3. The maximum atomic E-state index is 13.0. The molecule has 0 aromatic carbocycles. The molecule has 0 atom stereocenters. The minimum Gasteiger partial charge on any atom is -0.468 e. The fourth-order valence-corrected chi connectivity index (χ4v) is 4.79. The Morgan fingerprint density at radius 3 is 2.91 bits per heavy atom. The number of thiophene rings is 1. The molecule has 3 aromatic heterocycles. The summed E-state index contributed by atoms with van der Waals surface area (Å²) in [5, 5.41) is 3.21. The lowest BCUT2D eigenvalue weighted by atomic mass is 10.2. The lowest BCUT2D eigenvalue weighted by molar-refractivity contribution is -0.154. The molecule has 3 aromatic rings. The molecule has 0 radical (unpaired) electrons. The Kier molecular flexibility index (Phi) is 6.18. The number of alkyl halides is 3. The van der Waals surface area contributed by atoms with E-state index in [1.807, 2.05) is 0 Å². The predicted octanol–water partition coefficient (Wildman–Crippen LogP) is 3.76. The fourth-order valence-electron chi connectivity index (χ4n) is 3.68. The Morgan fingerprint density at radius 2 is 2.12 bits per heavy atom. The van der Waals surface area contributed by atoms with Gasteiger partial charge in [0, 0.05) is 31.8 Å². The van der Waals surface area contributed by atoms with Crippen LogP contribution in [0.3, 0.4) is 0 Å². The molecule has 1 N–H and O–H groups in total. The van der Waals surface area contributed by atoms with Crippen LogP contribution in [0.2, 0.25) is 0 Å². The van der Waals surface area contributed by atoms with Crippen LogP contribution in [0.15, 0.2) is 23.1 Å². The van der Waals surface area contributed by atoms with Gasteiger partial charge in [0.05, 0.1) is 10.3 Å².